The van der Waals surface area contributed by atoms with Crippen molar-refractivity contribution in [3.63, 3.8) is 0 Å². The summed E-state index contributed by atoms with van der Waals surface area (Å²) in [6.45, 7) is 8.55. The number of amides is 1. The first-order chi connectivity index (χ1) is 10.2. The first kappa shape index (κ1) is 16.4. The molecule has 4 heteroatoms. The van der Waals surface area contributed by atoms with E-state index in [0.29, 0.717) is 11.3 Å². The van der Waals surface area contributed by atoms with E-state index in [4.69, 9.17) is 5.73 Å². The van der Waals surface area contributed by atoms with E-state index < -0.39 is 0 Å². The van der Waals surface area contributed by atoms with Gasteiger partial charge in [-0.3, -0.25) is 4.79 Å². The van der Waals surface area contributed by atoms with Gasteiger partial charge in [-0.2, -0.15) is 0 Å². The van der Waals surface area contributed by atoms with Gasteiger partial charge >= 0.3 is 0 Å². The smallest absolute Gasteiger partial charge is 0.255 e. The van der Waals surface area contributed by atoms with Gasteiger partial charge in [-0.15, -0.1) is 11.8 Å². The average Bonchev–Trinajstić information content (AvgIpc) is 2.40. The number of anilines is 2. The van der Waals surface area contributed by atoms with Gasteiger partial charge in [-0.1, -0.05) is 26.8 Å². The molecule has 2 rings (SSSR count). The lowest BCUT2D eigenvalue weighted by atomic mass is 10.1. The third-order valence-electron chi connectivity index (χ3n) is 3.02. The van der Waals surface area contributed by atoms with E-state index in [2.05, 4.69) is 32.2 Å². The molecule has 0 aromatic heterocycles. The van der Waals surface area contributed by atoms with Crippen LogP contribution in [0.15, 0.2) is 47.4 Å². The number of rotatable bonds is 3. The van der Waals surface area contributed by atoms with Crippen LogP contribution in [0.3, 0.4) is 0 Å². The molecule has 0 saturated heterocycles. The van der Waals surface area contributed by atoms with Gasteiger partial charge < -0.3 is 11.1 Å². The van der Waals surface area contributed by atoms with Crippen molar-refractivity contribution in [2.24, 2.45) is 0 Å². The second kappa shape index (κ2) is 6.44. The molecule has 2 aromatic rings. The highest BCUT2D eigenvalue weighted by Gasteiger charge is 2.13. The first-order valence-electron chi connectivity index (χ1n) is 7.21. The summed E-state index contributed by atoms with van der Waals surface area (Å²) < 4.78 is 0.165. The van der Waals surface area contributed by atoms with E-state index in [0.717, 1.165) is 11.3 Å². The Morgan fingerprint density at radius 3 is 2.45 bits per heavy atom. The van der Waals surface area contributed by atoms with Crippen molar-refractivity contribution in [2.45, 2.75) is 37.3 Å². The van der Waals surface area contributed by atoms with E-state index in [9.17, 15) is 4.79 Å². The summed E-state index contributed by atoms with van der Waals surface area (Å²) in [6, 6.07) is 13.1. The number of carbonyl (C=O) groups excluding carboxylic acids is 1. The maximum atomic E-state index is 12.3. The summed E-state index contributed by atoms with van der Waals surface area (Å²) in [6.07, 6.45) is 0. The summed E-state index contributed by atoms with van der Waals surface area (Å²) in [5, 5.41) is 2.94. The maximum absolute atomic E-state index is 12.3. The molecule has 0 aliphatic carbocycles. The minimum Gasteiger partial charge on any atom is -0.399 e. The Hall–Kier alpha value is -1.94. The molecule has 0 spiro atoms. The van der Waals surface area contributed by atoms with Crippen LogP contribution in [-0.4, -0.2) is 10.7 Å². The van der Waals surface area contributed by atoms with Crippen LogP contribution in [0.5, 0.6) is 0 Å². The van der Waals surface area contributed by atoms with Gasteiger partial charge in [0.25, 0.3) is 5.91 Å². The quantitative estimate of drug-likeness (QED) is 0.636. The lowest BCUT2D eigenvalue weighted by Gasteiger charge is -2.18. The SMILES string of the molecule is Cc1cc(SC(C)(C)C)ccc1NC(=O)c1cccc(N)c1. The molecule has 0 atom stereocenters. The summed E-state index contributed by atoms with van der Waals surface area (Å²) >= 11 is 1.81. The van der Waals surface area contributed by atoms with E-state index in [1.807, 2.05) is 30.8 Å². The number of hydrogen-bond donors (Lipinski definition) is 2. The third kappa shape index (κ3) is 4.53. The largest absolute Gasteiger partial charge is 0.399 e. The predicted molar refractivity (Wildman–Crippen MR) is 95.6 cm³/mol. The standard InChI is InChI=1S/C18H22N2OS/c1-12-10-15(22-18(2,3)4)8-9-16(12)20-17(21)13-6-5-7-14(19)11-13/h5-11H,19H2,1-4H3,(H,20,21). The molecule has 0 aliphatic rings. The third-order valence-corrected chi connectivity index (χ3v) is 4.12. The first-order valence-corrected chi connectivity index (χ1v) is 8.03. The molecule has 0 radical (unpaired) electrons. The molecule has 0 bridgehead atoms. The molecule has 1 amide bonds. The van der Waals surface area contributed by atoms with Gasteiger partial charge in [0, 0.05) is 26.6 Å². The zero-order valence-corrected chi connectivity index (χ0v) is 14.3. The summed E-state index contributed by atoms with van der Waals surface area (Å²) in [7, 11) is 0. The highest BCUT2D eigenvalue weighted by molar-refractivity contribution is 8.00. The highest BCUT2D eigenvalue weighted by Crippen LogP contribution is 2.33. The van der Waals surface area contributed by atoms with Crippen molar-refractivity contribution in [1.29, 1.82) is 0 Å². The van der Waals surface area contributed by atoms with Crippen molar-refractivity contribution >= 4 is 29.0 Å². The van der Waals surface area contributed by atoms with Crippen molar-refractivity contribution in [3.05, 3.63) is 53.6 Å². The monoisotopic (exact) mass is 314 g/mol. The van der Waals surface area contributed by atoms with Crippen molar-refractivity contribution in [3.8, 4) is 0 Å². The minimum atomic E-state index is -0.147. The molecule has 22 heavy (non-hydrogen) atoms. The van der Waals surface area contributed by atoms with Crippen molar-refractivity contribution in [1.82, 2.24) is 0 Å². The van der Waals surface area contributed by atoms with Crippen LogP contribution in [0.2, 0.25) is 0 Å². The van der Waals surface area contributed by atoms with Crippen LogP contribution in [0.4, 0.5) is 11.4 Å². The Morgan fingerprint density at radius 1 is 1.14 bits per heavy atom. The number of carbonyl (C=O) groups is 1. The zero-order valence-electron chi connectivity index (χ0n) is 13.4. The number of thioether (sulfide) groups is 1. The van der Waals surface area contributed by atoms with Gasteiger partial charge in [0.2, 0.25) is 0 Å². The Kier molecular flexibility index (Phi) is 4.81. The van der Waals surface area contributed by atoms with Crippen LogP contribution in [-0.2, 0) is 0 Å². The second-order valence-electron chi connectivity index (χ2n) is 6.27. The van der Waals surface area contributed by atoms with E-state index in [1.54, 1.807) is 24.3 Å². The molecular formula is C18H22N2OS. The molecule has 0 saturated carbocycles. The Balaban J connectivity index is 2.15. The average molecular weight is 314 g/mol. The number of aryl methyl sites for hydroxylation is 1. The summed E-state index contributed by atoms with van der Waals surface area (Å²) in [5.74, 6) is -0.147. The van der Waals surface area contributed by atoms with E-state index in [-0.39, 0.29) is 10.7 Å². The van der Waals surface area contributed by atoms with Crippen molar-refractivity contribution in [2.75, 3.05) is 11.1 Å². The highest BCUT2D eigenvalue weighted by atomic mass is 32.2. The molecule has 2 aromatic carbocycles. The maximum Gasteiger partial charge on any atom is 0.255 e. The number of hydrogen-bond acceptors (Lipinski definition) is 3. The number of nitrogens with two attached hydrogens (primary N) is 1. The van der Waals surface area contributed by atoms with Crippen LogP contribution >= 0.6 is 11.8 Å². The molecule has 3 N–H and O–H groups in total. The summed E-state index contributed by atoms with van der Waals surface area (Å²) in [4.78, 5) is 13.5. The fourth-order valence-corrected chi connectivity index (χ4v) is 3.15. The van der Waals surface area contributed by atoms with Crippen LogP contribution in [0.25, 0.3) is 0 Å². The number of nitrogen functional groups attached to an aromatic ring is 1. The lowest BCUT2D eigenvalue weighted by Crippen LogP contribution is -2.13. The lowest BCUT2D eigenvalue weighted by molar-refractivity contribution is 0.102. The van der Waals surface area contributed by atoms with Gasteiger partial charge in [0.1, 0.15) is 0 Å². The molecular weight excluding hydrogens is 292 g/mol. The Morgan fingerprint density at radius 2 is 1.86 bits per heavy atom. The molecule has 0 fully saturated rings. The minimum absolute atomic E-state index is 0.147. The van der Waals surface area contributed by atoms with E-state index >= 15 is 0 Å². The van der Waals surface area contributed by atoms with Crippen LogP contribution in [0.1, 0.15) is 36.7 Å². The Labute approximate surface area is 136 Å². The topological polar surface area (TPSA) is 55.1 Å². The summed E-state index contributed by atoms with van der Waals surface area (Å²) in [5.41, 5.74) is 8.73. The van der Waals surface area contributed by atoms with Gasteiger partial charge in [0.05, 0.1) is 0 Å². The van der Waals surface area contributed by atoms with Gasteiger partial charge in [0.15, 0.2) is 0 Å². The second-order valence-corrected chi connectivity index (χ2v) is 8.17. The molecule has 3 nitrogen and oxygen atoms in total. The molecule has 116 valence electrons. The fourth-order valence-electron chi connectivity index (χ4n) is 2.07. The predicted octanol–water partition coefficient (Wildman–Crippen LogP) is 4.72. The van der Waals surface area contributed by atoms with Crippen molar-refractivity contribution < 1.29 is 4.79 Å². The fraction of sp³-hybridized carbons (Fsp3) is 0.278. The zero-order chi connectivity index (χ0) is 16.3. The van der Waals surface area contributed by atoms with Crippen LogP contribution < -0.4 is 11.1 Å². The van der Waals surface area contributed by atoms with Gasteiger partial charge in [-0.25, -0.2) is 0 Å². The molecule has 0 heterocycles. The van der Waals surface area contributed by atoms with Gasteiger partial charge in [-0.05, 0) is 48.9 Å². The molecule has 0 aliphatic heterocycles. The van der Waals surface area contributed by atoms with Crippen LogP contribution in [0, 0.1) is 6.92 Å². The molecule has 0 unspecified atom stereocenters. The normalized spacial score (nSPS) is 11.3. The number of nitrogens with one attached hydrogen (secondary N) is 1. The van der Waals surface area contributed by atoms with E-state index in [1.165, 1.54) is 4.90 Å². The number of benzene rings is 2. The Bertz CT molecular complexity index is 690.